The van der Waals surface area contributed by atoms with Gasteiger partial charge in [0.25, 0.3) is 10.0 Å². The maximum atomic E-state index is 12.7. The second-order valence-corrected chi connectivity index (χ2v) is 15.0. The van der Waals surface area contributed by atoms with Gasteiger partial charge in [0.05, 0.1) is 11.5 Å². The van der Waals surface area contributed by atoms with Crippen LogP contribution in [0.25, 0.3) is 0 Å². The molecule has 1 unspecified atom stereocenters. The predicted octanol–water partition coefficient (Wildman–Crippen LogP) is 5.19. The Balaban J connectivity index is 1.03. The topological polar surface area (TPSA) is 123 Å². The highest BCUT2D eigenvalue weighted by atomic mass is 35.5. The fourth-order valence-corrected chi connectivity index (χ4v) is 6.88. The molecule has 5 rings (SSSR count). The normalized spacial score (nSPS) is 19.4. The molecule has 0 bridgehead atoms. The van der Waals surface area contributed by atoms with E-state index in [1.807, 2.05) is 48.5 Å². The highest BCUT2D eigenvalue weighted by Crippen LogP contribution is 2.45. The Labute approximate surface area is 281 Å². The summed E-state index contributed by atoms with van der Waals surface area (Å²) in [6.07, 6.45) is -0.423. The molecule has 1 heterocycles. The van der Waals surface area contributed by atoms with Crippen LogP contribution in [0, 0.1) is 11.8 Å². The molecule has 3 aromatic carbocycles. The van der Waals surface area contributed by atoms with Crippen molar-refractivity contribution >= 4 is 33.6 Å². The Morgan fingerprint density at radius 1 is 0.936 bits per heavy atom. The number of hydrogen-bond acceptors (Lipinski definition) is 8. The van der Waals surface area contributed by atoms with Crippen LogP contribution in [-0.2, 0) is 31.4 Å². The molecule has 1 saturated carbocycles. The molecule has 1 saturated heterocycles. The SMILES string of the molecule is CCOC(=O)[C@H](Cc1ccc(OCCN[C@@H]2C3CN(C(=O)NS(=O)(=O)c4ccc(Cl)cc4)C[C@H]32)cc1)Oc1ccc(C(C)(C)C)cc1. The van der Waals surface area contributed by atoms with Gasteiger partial charge in [-0.05, 0) is 83.8 Å². The van der Waals surface area contributed by atoms with Gasteiger partial charge in [0.1, 0.15) is 18.1 Å². The first-order chi connectivity index (χ1) is 22.3. The summed E-state index contributed by atoms with van der Waals surface area (Å²) in [5.41, 5.74) is 2.12. The molecule has 12 heteroatoms. The molecule has 4 atom stereocenters. The average Bonchev–Trinajstić information content (AvgIpc) is 3.46. The fourth-order valence-electron chi connectivity index (χ4n) is 5.78. The lowest BCUT2D eigenvalue weighted by atomic mass is 9.87. The second-order valence-electron chi connectivity index (χ2n) is 12.9. The number of esters is 1. The monoisotopic (exact) mass is 683 g/mol. The Kier molecular flexibility index (Phi) is 10.7. The zero-order valence-electron chi connectivity index (χ0n) is 27.1. The van der Waals surface area contributed by atoms with Crippen LogP contribution >= 0.6 is 11.6 Å². The maximum Gasteiger partial charge on any atom is 0.347 e. The number of benzene rings is 3. The first kappa shape index (κ1) is 34.5. The summed E-state index contributed by atoms with van der Waals surface area (Å²) in [6.45, 7) is 10.6. The van der Waals surface area contributed by atoms with Crippen LogP contribution in [0.5, 0.6) is 11.5 Å². The van der Waals surface area contributed by atoms with Crippen molar-refractivity contribution in [1.82, 2.24) is 14.9 Å². The van der Waals surface area contributed by atoms with E-state index in [0.29, 0.717) is 49.2 Å². The number of ether oxygens (including phenoxy) is 3. The summed E-state index contributed by atoms with van der Waals surface area (Å²) in [5.74, 6) is 1.48. The van der Waals surface area contributed by atoms with E-state index in [0.717, 1.165) is 5.56 Å². The minimum Gasteiger partial charge on any atom is -0.492 e. The molecule has 2 amide bonds. The number of nitrogens with one attached hydrogen (secondary N) is 2. The highest BCUT2D eigenvalue weighted by Gasteiger charge is 2.56. The van der Waals surface area contributed by atoms with E-state index in [9.17, 15) is 18.0 Å². The largest absolute Gasteiger partial charge is 0.492 e. The van der Waals surface area contributed by atoms with Gasteiger partial charge in [0.2, 0.25) is 0 Å². The summed E-state index contributed by atoms with van der Waals surface area (Å²) in [6, 6.07) is 20.7. The van der Waals surface area contributed by atoms with Gasteiger partial charge in [-0.25, -0.2) is 22.7 Å². The minimum atomic E-state index is -3.97. The number of sulfonamides is 1. The molecule has 252 valence electrons. The lowest BCUT2D eigenvalue weighted by Gasteiger charge is -2.21. The molecule has 3 aromatic rings. The van der Waals surface area contributed by atoms with E-state index in [4.69, 9.17) is 25.8 Å². The van der Waals surface area contributed by atoms with E-state index in [-0.39, 0.29) is 34.8 Å². The number of halogens is 1. The smallest absolute Gasteiger partial charge is 0.347 e. The lowest BCUT2D eigenvalue weighted by molar-refractivity contribution is -0.151. The second kappa shape index (κ2) is 14.5. The van der Waals surface area contributed by atoms with Crippen LogP contribution in [0.4, 0.5) is 4.79 Å². The van der Waals surface area contributed by atoms with Crippen LogP contribution in [0.3, 0.4) is 0 Å². The number of nitrogens with zero attached hydrogens (tertiary/aromatic N) is 1. The summed E-state index contributed by atoms with van der Waals surface area (Å²) in [5, 5.41) is 3.90. The van der Waals surface area contributed by atoms with Crippen LogP contribution < -0.4 is 19.5 Å². The molecule has 0 radical (unpaired) electrons. The van der Waals surface area contributed by atoms with Gasteiger partial charge in [0.15, 0.2) is 6.10 Å². The van der Waals surface area contributed by atoms with E-state index in [1.165, 1.54) is 29.8 Å². The molecule has 10 nitrogen and oxygen atoms in total. The first-order valence-electron chi connectivity index (χ1n) is 15.8. The number of carbonyl (C=O) groups is 2. The standard InChI is InChI=1S/C35H42ClN3O7S/c1-5-44-33(40)31(46-27-14-8-24(9-15-27)35(2,3)4)20-23-6-12-26(13-7-23)45-19-18-37-32-29-21-39(22-30(29)32)34(41)38-47(42,43)28-16-10-25(36)11-17-28/h6-17,29-32,37H,5,18-22H2,1-4H3,(H,38,41)/t29-,30?,31+,32+/m1/s1. The molecule has 1 aliphatic carbocycles. The number of amides is 2. The van der Waals surface area contributed by atoms with Crippen molar-refractivity contribution in [3.63, 3.8) is 0 Å². The van der Waals surface area contributed by atoms with Crippen molar-refractivity contribution in [3.8, 4) is 11.5 Å². The van der Waals surface area contributed by atoms with Gasteiger partial charge in [-0.1, -0.05) is 56.6 Å². The molecule has 1 aliphatic heterocycles. The zero-order valence-corrected chi connectivity index (χ0v) is 28.6. The van der Waals surface area contributed by atoms with Crippen molar-refractivity contribution in [2.75, 3.05) is 32.8 Å². The zero-order chi connectivity index (χ0) is 33.8. The van der Waals surface area contributed by atoms with Crippen molar-refractivity contribution in [2.45, 2.75) is 56.6 Å². The third-order valence-electron chi connectivity index (χ3n) is 8.47. The number of urea groups is 1. The average molecular weight is 684 g/mol. The van der Waals surface area contributed by atoms with E-state index < -0.39 is 28.1 Å². The predicted molar refractivity (Wildman–Crippen MR) is 179 cm³/mol. The first-order valence-corrected chi connectivity index (χ1v) is 17.7. The summed E-state index contributed by atoms with van der Waals surface area (Å²) in [7, 11) is -3.97. The molecule has 2 aliphatic rings. The van der Waals surface area contributed by atoms with Gasteiger partial charge in [-0.3, -0.25) is 0 Å². The number of likely N-dealkylation sites (tertiary alicyclic amines) is 1. The Bertz CT molecular complexity index is 1630. The van der Waals surface area contributed by atoms with Gasteiger partial charge < -0.3 is 24.4 Å². The van der Waals surface area contributed by atoms with E-state index in [1.54, 1.807) is 11.8 Å². The summed E-state index contributed by atoms with van der Waals surface area (Å²) < 4.78 is 44.5. The summed E-state index contributed by atoms with van der Waals surface area (Å²) >= 11 is 5.83. The molecule has 0 spiro atoms. The molecule has 47 heavy (non-hydrogen) atoms. The molecule has 0 aromatic heterocycles. The maximum absolute atomic E-state index is 12.7. The molecular weight excluding hydrogens is 642 g/mol. The number of piperidine rings is 1. The van der Waals surface area contributed by atoms with Crippen molar-refractivity contribution in [1.29, 1.82) is 0 Å². The Morgan fingerprint density at radius 3 is 2.15 bits per heavy atom. The number of fused-ring (bicyclic) bond motifs is 1. The van der Waals surface area contributed by atoms with Gasteiger partial charge >= 0.3 is 12.0 Å². The molecule has 2 fully saturated rings. The van der Waals surface area contributed by atoms with Gasteiger partial charge in [-0.15, -0.1) is 0 Å². The third kappa shape index (κ3) is 8.97. The minimum absolute atomic E-state index is 0.0125. The Morgan fingerprint density at radius 2 is 1.55 bits per heavy atom. The van der Waals surface area contributed by atoms with E-state index >= 15 is 0 Å². The van der Waals surface area contributed by atoms with Crippen LogP contribution in [0.1, 0.15) is 38.8 Å². The Hall–Kier alpha value is -3.80. The fraction of sp³-hybridized carbons (Fsp3) is 0.429. The number of carbonyl (C=O) groups excluding carboxylic acids is 2. The van der Waals surface area contributed by atoms with Crippen molar-refractivity contribution in [2.24, 2.45) is 11.8 Å². The van der Waals surface area contributed by atoms with Crippen LogP contribution in [-0.4, -0.2) is 70.3 Å². The third-order valence-corrected chi connectivity index (χ3v) is 10.1. The quantitative estimate of drug-likeness (QED) is 0.187. The highest BCUT2D eigenvalue weighted by molar-refractivity contribution is 7.90. The van der Waals surface area contributed by atoms with Gasteiger partial charge in [-0.2, -0.15) is 0 Å². The van der Waals surface area contributed by atoms with Crippen LogP contribution in [0.15, 0.2) is 77.7 Å². The van der Waals surface area contributed by atoms with Crippen molar-refractivity contribution in [3.05, 3.63) is 88.9 Å². The lowest BCUT2D eigenvalue weighted by Crippen LogP contribution is -2.44. The number of rotatable bonds is 13. The van der Waals surface area contributed by atoms with Crippen molar-refractivity contribution < 1.29 is 32.2 Å². The number of hydrogen-bond donors (Lipinski definition) is 2. The van der Waals surface area contributed by atoms with Gasteiger partial charge in [0, 0.05) is 37.1 Å². The van der Waals surface area contributed by atoms with Crippen LogP contribution in [0.2, 0.25) is 5.02 Å². The van der Waals surface area contributed by atoms with E-state index in [2.05, 4.69) is 30.8 Å². The molecule has 2 N–H and O–H groups in total. The molecular formula is C35H42ClN3O7S. The summed E-state index contributed by atoms with van der Waals surface area (Å²) in [4.78, 5) is 26.8.